The highest BCUT2D eigenvalue weighted by Gasteiger charge is 2.11. The van der Waals surface area contributed by atoms with E-state index in [1.165, 1.54) is 6.07 Å². The number of benzene rings is 1. The molecule has 0 aliphatic rings. The van der Waals surface area contributed by atoms with Crippen molar-refractivity contribution in [3.8, 4) is 0 Å². The Balaban J connectivity index is 2.55. The number of hydrogen-bond donors (Lipinski definition) is 1. The maximum absolute atomic E-state index is 13.5. The van der Waals surface area contributed by atoms with Gasteiger partial charge in [-0.3, -0.25) is 4.98 Å². The molecule has 1 N–H and O–H groups in total. The summed E-state index contributed by atoms with van der Waals surface area (Å²) in [6.45, 7) is 1.90. The number of rotatable bonds is 0. The molecule has 0 saturated heterocycles. The number of fused-ring (bicyclic) bond motifs is 3. The second-order valence-corrected chi connectivity index (χ2v) is 3.84. The van der Waals surface area contributed by atoms with Gasteiger partial charge in [-0.2, -0.15) is 0 Å². The van der Waals surface area contributed by atoms with Crippen LogP contribution in [0.2, 0.25) is 0 Å². The molecule has 2 nitrogen and oxygen atoms in total. The summed E-state index contributed by atoms with van der Waals surface area (Å²) < 4.78 is 26.6. The number of pyridine rings is 1. The minimum Gasteiger partial charge on any atom is -0.351 e. The van der Waals surface area contributed by atoms with Crippen LogP contribution >= 0.6 is 0 Å². The Hall–Kier alpha value is -1.97. The number of aromatic nitrogens is 2. The molecule has 80 valence electrons. The van der Waals surface area contributed by atoms with Crippen molar-refractivity contribution in [1.82, 2.24) is 9.97 Å². The average molecular weight is 218 g/mol. The summed E-state index contributed by atoms with van der Waals surface area (Å²) in [6.07, 6.45) is 1.68. The highest BCUT2D eigenvalue weighted by Crippen LogP contribution is 2.26. The molecule has 16 heavy (non-hydrogen) atoms. The van der Waals surface area contributed by atoms with Crippen LogP contribution in [0, 0.1) is 18.6 Å². The maximum Gasteiger partial charge on any atom is 0.150 e. The van der Waals surface area contributed by atoms with E-state index in [1.807, 2.05) is 13.0 Å². The predicted molar refractivity (Wildman–Crippen MR) is 58.3 cm³/mol. The Morgan fingerprint density at radius 3 is 2.81 bits per heavy atom. The SMILES string of the molecule is Cc1cnc2c(c1)[nH]c1c(F)cc(F)cc12. The van der Waals surface area contributed by atoms with E-state index in [-0.39, 0.29) is 0 Å². The lowest BCUT2D eigenvalue weighted by atomic mass is 10.2. The van der Waals surface area contributed by atoms with Crippen molar-refractivity contribution < 1.29 is 8.78 Å². The third-order valence-electron chi connectivity index (χ3n) is 2.59. The number of aromatic amines is 1. The molecule has 0 saturated carbocycles. The zero-order valence-electron chi connectivity index (χ0n) is 8.51. The van der Waals surface area contributed by atoms with Crippen molar-refractivity contribution in [2.45, 2.75) is 6.92 Å². The first-order valence-electron chi connectivity index (χ1n) is 4.88. The summed E-state index contributed by atoms with van der Waals surface area (Å²) in [5.74, 6) is -1.18. The molecule has 2 aromatic heterocycles. The molecule has 0 bridgehead atoms. The van der Waals surface area contributed by atoms with Crippen LogP contribution in [0.5, 0.6) is 0 Å². The lowest BCUT2D eigenvalue weighted by Crippen LogP contribution is -1.81. The van der Waals surface area contributed by atoms with Gasteiger partial charge in [-0.1, -0.05) is 0 Å². The number of nitrogens with one attached hydrogen (secondary N) is 1. The molecular weight excluding hydrogens is 210 g/mol. The number of halogens is 2. The van der Waals surface area contributed by atoms with Crippen molar-refractivity contribution in [2.75, 3.05) is 0 Å². The average Bonchev–Trinajstić information content (AvgIpc) is 2.56. The number of nitrogens with zero attached hydrogens (tertiary/aromatic N) is 1. The van der Waals surface area contributed by atoms with Gasteiger partial charge in [0.05, 0.1) is 16.6 Å². The maximum atomic E-state index is 13.5. The third-order valence-corrected chi connectivity index (χ3v) is 2.59. The Kier molecular flexibility index (Phi) is 1.74. The van der Waals surface area contributed by atoms with E-state index in [1.54, 1.807) is 6.20 Å². The first kappa shape index (κ1) is 9.27. The van der Waals surface area contributed by atoms with Gasteiger partial charge in [0.1, 0.15) is 11.6 Å². The summed E-state index contributed by atoms with van der Waals surface area (Å²) in [5, 5.41) is 0.479. The zero-order valence-corrected chi connectivity index (χ0v) is 8.51. The molecular formula is C12H8F2N2. The molecule has 0 aliphatic carbocycles. The van der Waals surface area contributed by atoms with Crippen LogP contribution in [-0.4, -0.2) is 9.97 Å². The molecule has 0 atom stereocenters. The summed E-state index contributed by atoms with van der Waals surface area (Å²) in [5.41, 5.74) is 2.59. The van der Waals surface area contributed by atoms with Gasteiger partial charge in [-0.25, -0.2) is 8.78 Å². The van der Waals surface area contributed by atoms with Crippen LogP contribution in [0.4, 0.5) is 8.78 Å². The van der Waals surface area contributed by atoms with Crippen molar-refractivity contribution in [3.05, 3.63) is 41.6 Å². The van der Waals surface area contributed by atoms with Gasteiger partial charge in [-0.15, -0.1) is 0 Å². The van der Waals surface area contributed by atoms with Gasteiger partial charge in [0.2, 0.25) is 0 Å². The minimum atomic E-state index is -0.592. The van der Waals surface area contributed by atoms with Gasteiger partial charge in [0.15, 0.2) is 0 Å². The van der Waals surface area contributed by atoms with Crippen LogP contribution in [-0.2, 0) is 0 Å². The number of H-pyrrole nitrogens is 1. The smallest absolute Gasteiger partial charge is 0.150 e. The Morgan fingerprint density at radius 2 is 2.00 bits per heavy atom. The molecule has 0 aliphatic heterocycles. The highest BCUT2D eigenvalue weighted by atomic mass is 19.1. The number of hydrogen-bond acceptors (Lipinski definition) is 1. The Morgan fingerprint density at radius 1 is 1.19 bits per heavy atom. The highest BCUT2D eigenvalue weighted by molar-refractivity contribution is 6.05. The number of aryl methyl sites for hydroxylation is 1. The topological polar surface area (TPSA) is 28.7 Å². The van der Waals surface area contributed by atoms with E-state index in [4.69, 9.17) is 0 Å². The van der Waals surface area contributed by atoms with Gasteiger partial charge in [-0.05, 0) is 24.6 Å². The fraction of sp³-hybridized carbons (Fsp3) is 0.0833. The van der Waals surface area contributed by atoms with Crippen molar-refractivity contribution in [1.29, 1.82) is 0 Å². The van der Waals surface area contributed by atoms with Crippen LogP contribution in [0.15, 0.2) is 24.4 Å². The molecule has 0 unspecified atom stereocenters. The van der Waals surface area contributed by atoms with Gasteiger partial charge in [0.25, 0.3) is 0 Å². The largest absolute Gasteiger partial charge is 0.351 e. The van der Waals surface area contributed by atoms with E-state index in [0.717, 1.165) is 17.1 Å². The molecule has 0 fully saturated rings. The van der Waals surface area contributed by atoms with E-state index >= 15 is 0 Å². The fourth-order valence-electron chi connectivity index (χ4n) is 1.90. The predicted octanol–water partition coefficient (Wildman–Crippen LogP) is 3.30. The molecule has 4 heteroatoms. The monoisotopic (exact) mass is 218 g/mol. The fourth-order valence-corrected chi connectivity index (χ4v) is 1.90. The summed E-state index contributed by atoms with van der Waals surface area (Å²) in [6, 6.07) is 4.02. The lowest BCUT2D eigenvalue weighted by molar-refractivity contribution is 0.591. The van der Waals surface area contributed by atoms with E-state index in [0.29, 0.717) is 16.4 Å². The molecule has 0 spiro atoms. The van der Waals surface area contributed by atoms with Crippen molar-refractivity contribution in [2.24, 2.45) is 0 Å². The molecule has 3 rings (SSSR count). The van der Waals surface area contributed by atoms with Crippen molar-refractivity contribution in [3.63, 3.8) is 0 Å². The summed E-state index contributed by atoms with van der Waals surface area (Å²) >= 11 is 0. The Bertz CT molecular complexity index is 701. The van der Waals surface area contributed by atoms with Crippen molar-refractivity contribution >= 4 is 21.9 Å². The first-order chi connectivity index (χ1) is 7.65. The normalized spacial score (nSPS) is 11.4. The van der Waals surface area contributed by atoms with Crippen LogP contribution < -0.4 is 0 Å². The second-order valence-electron chi connectivity index (χ2n) is 3.84. The molecule has 0 radical (unpaired) electrons. The van der Waals surface area contributed by atoms with Gasteiger partial charge >= 0.3 is 0 Å². The molecule has 0 amide bonds. The molecule has 1 aromatic carbocycles. The second kappa shape index (κ2) is 3.01. The zero-order chi connectivity index (χ0) is 11.3. The van der Waals surface area contributed by atoms with Crippen LogP contribution in [0.25, 0.3) is 21.9 Å². The van der Waals surface area contributed by atoms with Crippen LogP contribution in [0.3, 0.4) is 0 Å². The quantitative estimate of drug-likeness (QED) is 0.616. The molecule has 3 aromatic rings. The van der Waals surface area contributed by atoms with Gasteiger partial charge in [0, 0.05) is 17.6 Å². The summed E-state index contributed by atoms with van der Waals surface area (Å²) in [7, 11) is 0. The van der Waals surface area contributed by atoms with Crippen LogP contribution in [0.1, 0.15) is 5.56 Å². The minimum absolute atomic E-state index is 0.300. The van der Waals surface area contributed by atoms with E-state index in [9.17, 15) is 8.78 Å². The van der Waals surface area contributed by atoms with Gasteiger partial charge < -0.3 is 4.98 Å². The third kappa shape index (κ3) is 1.19. The first-order valence-corrected chi connectivity index (χ1v) is 4.88. The lowest BCUT2D eigenvalue weighted by Gasteiger charge is -1.93. The summed E-state index contributed by atoms with van der Waals surface area (Å²) in [4.78, 5) is 7.10. The Labute approximate surface area is 89.9 Å². The standard InChI is InChI=1S/C12H8F2N2/c1-6-2-10-12(15-5-6)8-3-7(13)4-9(14)11(8)16-10/h2-5,16H,1H3. The van der Waals surface area contributed by atoms with E-state index < -0.39 is 11.6 Å². The molecule has 2 heterocycles. The van der Waals surface area contributed by atoms with E-state index in [2.05, 4.69) is 9.97 Å².